The summed E-state index contributed by atoms with van der Waals surface area (Å²) in [4.78, 5) is 12.2. The number of hydrogen-bond donors (Lipinski definition) is 1. The molecule has 128 valence electrons. The minimum atomic E-state index is -2.92. The van der Waals surface area contributed by atoms with E-state index in [-0.39, 0.29) is 29.8 Å². The average Bonchev–Trinajstić information content (AvgIpc) is 2.50. The van der Waals surface area contributed by atoms with Gasteiger partial charge in [-0.25, -0.2) is 8.42 Å². The second-order valence-corrected chi connectivity index (χ2v) is 8.25. The molecule has 0 radical (unpaired) electrons. The van der Waals surface area contributed by atoms with E-state index in [1.807, 2.05) is 0 Å². The second-order valence-electron chi connectivity index (χ2n) is 5.53. The maximum atomic E-state index is 12.2. The van der Waals surface area contributed by atoms with Crippen LogP contribution in [0.3, 0.4) is 0 Å². The lowest BCUT2D eigenvalue weighted by atomic mass is 9.98. The van der Waals surface area contributed by atoms with Crippen LogP contribution >= 0.6 is 11.6 Å². The second kappa shape index (κ2) is 7.40. The molecular weight excluding hydrogens is 342 g/mol. The van der Waals surface area contributed by atoms with Gasteiger partial charge in [-0.3, -0.25) is 4.79 Å². The number of sulfone groups is 1. The first-order chi connectivity index (χ1) is 10.8. The van der Waals surface area contributed by atoms with Gasteiger partial charge >= 0.3 is 0 Å². The number of nitrogens with one attached hydrogen (secondary N) is 1. The monoisotopic (exact) mass is 361 g/mol. The Morgan fingerprint density at radius 2 is 1.83 bits per heavy atom. The lowest BCUT2D eigenvalue weighted by molar-refractivity contribution is -0.117. The van der Waals surface area contributed by atoms with Gasteiger partial charge in [-0.05, 0) is 18.8 Å². The maximum absolute atomic E-state index is 12.2. The fourth-order valence-corrected chi connectivity index (χ4v) is 4.38. The molecule has 1 aromatic carbocycles. The molecule has 1 aliphatic heterocycles. The molecule has 1 aromatic rings. The van der Waals surface area contributed by atoms with E-state index >= 15 is 0 Å². The molecule has 1 N–H and O–H groups in total. The number of anilines is 1. The molecule has 8 heteroatoms. The van der Waals surface area contributed by atoms with E-state index in [0.29, 0.717) is 35.1 Å². The molecule has 1 heterocycles. The Bertz CT molecular complexity index is 675. The summed E-state index contributed by atoms with van der Waals surface area (Å²) in [5.41, 5.74) is 0.474. The first-order valence-corrected chi connectivity index (χ1v) is 9.46. The smallest absolute Gasteiger partial charge is 0.224 e. The van der Waals surface area contributed by atoms with Gasteiger partial charge < -0.3 is 14.8 Å². The Kier molecular flexibility index (Phi) is 5.75. The summed E-state index contributed by atoms with van der Waals surface area (Å²) >= 11 is 6.02. The molecule has 0 bridgehead atoms. The van der Waals surface area contributed by atoms with Crippen molar-refractivity contribution in [2.75, 3.05) is 31.0 Å². The molecule has 0 saturated carbocycles. The largest absolute Gasteiger partial charge is 0.495 e. The molecule has 0 spiro atoms. The molecule has 23 heavy (non-hydrogen) atoms. The van der Waals surface area contributed by atoms with Gasteiger partial charge in [0.15, 0.2) is 0 Å². The van der Waals surface area contributed by atoms with Crippen molar-refractivity contribution in [3.05, 3.63) is 17.2 Å². The van der Waals surface area contributed by atoms with Crippen molar-refractivity contribution in [1.82, 2.24) is 0 Å². The lowest BCUT2D eigenvalue weighted by Crippen LogP contribution is -2.26. The number of methoxy groups -OCH3 is 2. The number of halogens is 1. The summed E-state index contributed by atoms with van der Waals surface area (Å²) in [7, 11) is 0.0561. The molecular formula is C15H20ClNO5S. The van der Waals surface area contributed by atoms with E-state index < -0.39 is 9.84 Å². The summed E-state index contributed by atoms with van der Waals surface area (Å²) < 4.78 is 33.2. The van der Waals surface area contributed by atoms with Crippen molar-refractivity contribution in [3.63, 3.8) is 0 Å². The summed E-state index contributed by atoms with van der Waals surface area (Å²) in [5.74, 6) is 1.09. The van der Waals surface area contributed by atoms with Crippen LogP contribution in [0.5, 0.6) is 11.5 Å². The normalized spacial score (nSPS) is 17.5. The van der Waals surface area contributed by atoms with Crippen LogP contribution < -0.4 is 14.8 Å². The van der Waals surface area contributed by atoms with Gasteiger partial charge in [0.2, 0.25) is 5.91 Å². The average molecular weight is 362 g/mol. The molecule has 0 aliphatic carbocycles. The fraction of sp³-hybridized carbons (Fsp3) is 0.533. The number of carbonyl (C=O) groups is 1. The SMILES string of the molecule is COc1cc(NC(=O)CC2CCS(=O)(=O)CC2)c(OC)cc1Cl. The first kappa shape index (κ1) is 17.9. The number of carbonyl (C=O) groups excluding carboxylic acids is 1. The number of benzene rings is 1. The number of hydrogen-bond acceptors (Lipinski definition) is 5. The maximum Gasteiger partial charge on any atom is 0.224 e. The van der Waals surface area contributed by atoms with Crippen LogP contribution in [0.4, 0.5) is 5.69 Å². The van der Waals surface area contributed by atoms with Crippen molar-refractivity contribution in [3.8, 4) is 11.5 Å². The van der Waals surface area contributed by atoms with E-state index in [1.54, 1.807) is 12.1 Å². The topological polar surface area (TPSA) is 81.7 Å². The van der Waals surface area contributed by atoms with Crippen molar-refractivity contribution in [1.29, 1.82) is 0 Å². The zero-order valence-electron chi connectivity index (χ0n) is 13.1. The first-order valence-electron chi connectivity index (χ1n) is 7.26. The Balaban J connectivity index is 2.02. The quantitative estimate of drug-likeness (QED) is 0.871. The van der Waals surface area contributed by atoms with Gasteiger partial charge in [0, 0.05) is 18.6 Å². The van der Waals surface area contributed by atoms with E-state index in [2.05, 4.69) is 5.32 Å². The van der Waals surface area contributed by atoms with Crippen LogP contribution in [0.2, 0.25) is 5.02 Å². The highest BCUT2D eigenvalue weighted by Crippen LogP contribution is 2.36. The standard InChI is InChI=1S/C15H20ClNO5S/c1-21-13-9-12(14(22-2)8-11(13)16)17-15(18)7-10-3-5-23(19,20)6-4-10/h8-10H,3-7H2,1-2H3,(H,17,18). The van der Waals surface area contributed by atoms with Crippen molar-refractivity contribution in [2.45, 2.75) is 19.3 Å². The molecule has 6 nitrogen and oxygen atoms in total. The van der Waals surface area contributed by atoms with Crippen LogP contribution in [0, 0.1) is 5.92 Å². The van der Waals surface area contributed by atoms with Crippen molar-refractivity contribution in [2.24, 2.45) is 5.92 Å². The minimum absolute atomic E-state index is 0.0821. The molecule has 0 unspecified atom stereocenters. The van der Waals surface area contributed by atoms with Crippen molar-refractivity contribution >= 4 is 33.0 Å². The highest BCUT2D eigenvalue weighted by atomic mass is 35.5. The molecule has 1 fully saturated rings. The van der Waals surface area contributed by atoms with E-state index in [9.17, 15) is 13.2 Å². The zero-order chi connectivity index (χ0) is 17.0. The van der Waals surface area contributed by atoms with Crippen molar-refractivity contribution < 1.29 is 22.7 Å². The van der Waals surface area contributed by atoms with Crippen LogP contribution in [0.25, 0.3) is 0 Å². The third-order valence-corrected chi connectivity index (χ3v) is 5.91. The van der Waals surface area contributed by atoms with Crippen LogP contribution in [-0.2, 0) is 14.6 Å². The van der Waals surface area contributed by atoms with Crippen LogP contribution in [-0.4, -0.2) is 40.1 Å². The summed E-state index contributed by atoms with van der Waals surface area (Å²) in [6, 6.07) is 3.17. The van der Waals surface area contributed by atoms with Gasteiger partial charge in [-0.1, -0.05) is 11.6 Å². The molecule has 1 aliphatic rings. The third-order valence-electron chi connectivity index (χ3n) is 3.90. The molecule has 0 aromatic heterocycles. The highest BCUT2D eigenvalue weighted by Gasteiger charge is 2.25. The summed E-state index contributed by atoms with van der Waals surface area (Å²) in [5, 5.41) is 3.17. The molecule has 1 amide bonds. The predicted octanol–water partition coefficient (Wildman–Crippen LogP) is 2.51. The van der Waals surface area contributed by atoms with Gasteiger partial charge in [0.05, 0.1) is 36.4 Å². The van der Waals surface area contributed by atoms with Gasteiger partial charge in [0.25, 0.3) is 0 Å². The Morgan fingerprint density at radius 1 is 1.22 bits per heavy atom. The van der Waals surface area contributed by atoms with Gasteiger partial charge in [-0.15, -0.1) is 0 Å². The van der Waals surface area contributed by atoms with E-state index in [0.717, 1.165) is 0 Å². The Labute approximate surface area is 141 Å². The minimum Gasteiger partial charge on any atom is -0.495 e. The highest BCUT2D eigenvalue weighted by molar-refractivity contribution is 7.91. The van der Waals surface area contributed by atoms with Crippen LogP contribution in [0.15, 0.2) is 12.1 Å². The summed E-state index contributed by atoms with van der Waals surface area (Å²) in [6.07, 6.45) is 1.33. The zero-order valence-corrected chi connectivity index (χ0v) is 14.7. The molecule has 2 rings (SSSR count). The fourth-order valence-electron chi connectivity index (χ4n) is 2.56. The number of rotatable bonds is 5. The predicted molar refractivity (Wildman–Crippen MR) is 89.2 cm³/mol. The molecule has 1 saturated heterocycles. The van der Waals surface area contributed by atoms with Gasteiger partial charge in [-0.2, -0.15) is 0 Å². The van der Waals surface area contributed by atoms with E-state index in [1.165, 1.54) is 14.2 Å². The molecule has 0 atom stereocenters. The number of ether oxygens (including phenoxy) is 2. The van der Waals surface area contributed by atoms with Crippen LogP contribution in [0.1, 0.15) is 19.3 Å². The Hall–Kier alpha value is -1.47. The lowest BCUT2D eigenvalue weighted by Gasteiger charge is -2.21. The van der Waals surface area contributed by atoms with E-state index in [4.69, 9.17) is 21.1 Å². The Morgan fingerprint density at radius 3 is 2.39 bits per heavy atom. The van der Waals surface area contributed by atoms with Gasteiger partial charge in [0.1, 0.15) is 21.3 Å². The summed E-state index contributed by atoms with van der Waals surface area (Å²) in [6.45, 7) is 0. The number of amides is 1. The third kappa shape index (κ3) is 4.75.